The molecule has 1 aromatic rings. The highest BCUT2D eigenvalue weighted by molar-refractivity contribution is 7.89. The molecule has 0 aliphatic heterocycles. The van der Waals surface area contributed by atoms with Crippen LogP contribution in [0.2, 0.25) is 5.02 Å². The molecule has 1 rings (SSSR count). The Morgan fingerprint density at radius 3 is 2.38 bits per heavy atom. The molecule has 0 aliphatic carbocycles. The Morgan fingerprint density at radius 1 is 1.24 bits per heavy atom. The molecule has 10 heteroatoms. The molecule has 0 spiro atoms. The standard InChI is InChI=1S/C11H13ClFN3O4S/c1-6(2)14-10(17)11(18)15-16-21(19,20)7-3-4-9(13)8(12)5-7/h3-6,16H,1-2H3,(H,14,17)(H,15,18). The van der Waals surface area contributed by atoms with Gasteiger partial charge in [0.1, 0.15) is 5.82 Å². The lowest BCUT2D eigenvalue weighted by Crippen LogP contribution is -2.49. The first kappa shape index (κ1) is 17.3. The van der Waals surface area contributed by atoms with Crippen molar-refractivity contribution in [2.24, 2.45) is 0 Å². The summed E-state index contributed by atoms with van der Waals surface area (Å²) < 4.78 is 36.6. The first-order chi connectivity index (χ1) is 9.63. The molecule has 1 aromatic carbocycles. The van der Waals surface area contributed by atoms with Gasteiger partial charge in [-0.1, -0.05) is 11.6 Å². The summed E-state index contributed by atoms with van der Waals surface area (Å²) in [7, 11) is -4.17. The van der Waals surface area contributed by atoms with Crippen LogP contribution in [0.25, 0.3) is 0 Å². The minimum Gasteiger partial charge on any atom is -0.346 e. The summed E-state index contributed by atoms with van der Waals surface area (Å²) in [6, 6.07) is 2.42. The van der Waals surface area contributed by atoms with Crippen molar-refractivity contribution in [3.63, 3.8) is 0 Å². The van der Waals surface area contributed by atoms with Crippen molar-refractivity contribution in [2.75, 3.05) is 0 Å². The molecular weight excluding hydrogens is 325 g/mol. The Kier molecular flexibility index (Phi) is 5.64. The zero-order chi connectivity index (χ0) is 16.2. The molecule has 0 heterocycles. The molecule has 0 unspecified atom stereocenters. The van der Waals surface area contributed by atoms with E-state index in [1.54, 1.807) is 24.1 Å². The van der Waals surface area contributed by atoms with Crippen LogP contribution in [0.4, 0.5) is 4.39 Å². The van der Waals surface area contributed by atoms with E-state index in [0.29, 0.717) is 0 Å². The van der Waals surface area contributed by atoms with Gasteiger partial charge in [-0.3, -0.25) is 15.0 Å². The van der Waals surface area contributed by atoms with Crippen LogP contribution in [0.3, 0.4) is 0 Å². The molecule has 0 saturated heterocycles. The predicted molar refractivity (Wildman–Crippen MR) is 73.2 cm³/mol. The van der Waals surface area contributed by atoms with Crippen LogP contribution in [0.1, 0.15) is 13.8 Å². The molecule has 0 radical (unpaired) electrons. The molecule has 3 N–H and O–H groups in total. The third kappa shape index (κ3) is 4.96. The van der Waals surface area contributed by atoms with Crippen LogP contribution in [0.15, 0.2) is 23.1 Å². The number of nitrogens with one attached hydrogen (secondary N) is 3. The lowest BCUT2D eigenvalue weighted by atomic mass is 10.3. The van der Waals surface area contributed by atoms with Crippen molar-refractivity contribution in [1.82, 2.24) is 15.6 Å². The topological polar surface area (TPSA) is 104 Å². The van der Waals surface area contributed by atoms with Gasteiger partial charge in [0, 0.05) is 6.04 Å². The van der Waals surface area contributed by atoms with Crippen LogP contribution in [0, 0.1) is 5.82 Å². The van der Waals surface area contributed by atoms with Gasteiger partial charge in [0.2, 0.25) is 0 Å². The number of amides is 2. The summed E-state index contributed by atoms with van der Waals surface area (Å²) in [5.41, 5.74) is 1.73. The lowest BCUT2D eigenvalue weighted by Gasteiger charge is -2.10. The van der Waals surface area contributed by atoms with Gasteiger partial charge >= 0.3 is 11.8 Å². The fraction of sp³-hybridized carbons (Fsp3) is 0.273. The Morgan fingerprint density at radius 2 is 1.86 bits per heavy atom. The maximum absolute atomic E-state index is 13.0. The van der Waals surface area contributed by atoms with Gasteiger partial charge < -0.3 is 5.32 Å². The van der Waals surface area contributed by atoms with Gasteiger partial charge in [-0.25, -0.2) is 12.8 Å². The molecule has 0 fully saturated rings. The van der Waals surface area contributed by atoms with E-state index in [-0.39, 0.29) is 16.0 Å². The Bertz CT molecular complexity index is 663. The fourth-order valence-corrected chi connectivity index (χ4v) is 2.31. The molecule has 21 heavy (non-hydrogen) atoms. The normalized spacial score (nSPS) is 11.3. The molecule has 7 nitrogen and oxygen atoms in total. The van der Waals surface area contributed by atoms with E-state index in [0.717, 1.165) is 18.2 Å². The number of benzene rings is 1. The second-order valence-corrected chi connectivity index (χ2v) is 6.35. The van der Waals surface area contributed by atoms with E-state index in [9.17, 15) is 22.4 Å². The summed E-state index contributed by atoms with van der Waals surface area (Å²) in [6.07, 6.45) is 0. The Labute approximate surface area is 125 Å². The maximum atomic E-state index is 13.0. The van der Waals surface area contributed by atoms with Crippen LogP contribution >= 0.6 is 11.6 Å². The third-order valence-electron chi connectivity index (χ3n) is 2.13. The zero-order valence-electron chi connectivity index (χ0n) is 11.1. The summed E-state index contributed by atoms with van der Waals surface area (Å²) in [6.45, 7) is 3.27. The second kappa shape index (κ2) is 6.83. The van der Waals surface area contributed by atoms with Crippen molar-refractivity contribution < 1.29 is 22.4 Å². The highest BCUT2D eigenvalue weighted by Crippen LogP contribution is 2.18. The molecule has 0 bridgehead atoms. The quantitative estimate of drug-likeness (QED) is 0.543. The largest absolute Gasteiger partial charge is 0.346 e. The summed E-state index contributed by atoms with van der Waals surface area (Å²) in [4.78, 5) is 24.0. The minimum absolute atomic E-state index is 0.282. The Hall–Kier alpha value is -1.71. The van der Waals surface area contributed by atoms with E-state index in [1.165, 1.54) is 0 Å². The SMILES string of the molecule is CC(C)NC(=O)C(=O)NNS(=O)(=O)c1ccc(F)c(Cl)c1. The number of hydrogen-bond donors (Lipinski definition) is 3. The van der Waals surface area contributed by atoms with E-state index >= 15 is 0 Å². The van der Waals surface area contributed by atoms with Crippen molar-refractivity contribution in [2.45, 2.75) is 24.8 Å². The van der Waals surface area contributed by atoms with E-state index < -0.39 is 27.7 Å². The van der Waals surface area contributed by atoms with E-state index in [4.69, 9.17) is 11.6 Å². The number of rotatable bonds is 4. The number of carbonyl (C=O) groups excluding carboxylic acids is 2. The van der Waals surface area contributed by atoms with E-state index in [2.05, 4.69) is 5.32 Å². The molecule has 0 saturated carbocycles. The smallest absolute Gasteiger partial charge is 0.324 e. The molecular formula is C11H13ClFN3O4S. The first-order valence-corrected chi connectivity index (χ1v) is 7.57. The van der Waals surface area contributed by atoms with Crippen LogP contribution < -0.4 is 15.6 Å². The first-order valence-electron chi connectivity index (χ1n) is 5.71. The average Bonchev–Trinajstić information content (AvgIpc) is 2.38. The number of hydrazine groups is 1. The summed E-state index contributed by atoms with van der Waals surface area (Å²) in [5.74, 6) is -2.96. The number of carbonyl (C=O) groups is 2. The number of halogens is 2. The minimum atomic E-state index is -4.17. The van der Waals surface area contributed by atoms with Gasteiger partial charge in [-0.15, -0.1) is 4.83 Å². The van der Waals surface area contributed by atoms with Gasteiger partial charge in [-0.05, 0) is 32.0 Å². The molecule has 0 aliphatic rings. The maximum Gasteiger partial charge on any atom is 0.324 e. The van der Waals surface area contributed by atoms with Gasteiger partial charge in [0.15, 0.2) is 0 Å². The lowest BCUT2D eigenvalue weighted by molar-refractivity contribution is -0.139. The predicted octanol–water partition coefficient (Wildman–Crippen LogP) is 0.313. The molecule has 116 valence electrons. The summed E-state index contributed by atoms with van der Waals surface area (Å²) in [5, 5.41) is 1.89. The van der Waals surface area contributed by atoms with Crippen LogP contribution in [0.5, 0.6) is 0 Å². The summed E-state index contributed by atoms with van der Waals surface area (Å²) >= 11 is 5.47. The van der Waals surface area contributed by atoms with Crippen LogP contribution in [-0.4, -0.2) is 26.3 Å². The van der Waals surface area contributed by atoms with Gasteiger partial charge in [0.25, 0.3) is 10.0 Å². The third-order valence-corrected chi connectivity index (χ3v) is 3.66. The second-order valence-electron chi connectivity index (χ2n) is 4.26. The molecule has 2 amide bonds. The monoisotopic (exact) mass is 337 g/mol. The number of sulfonamides is 1. The zero-order valence-corrected chi connectivity index (χ0v) is 12.7. The van der Waals surface area contributed by atoms with Crippen molar-refractivity contribution >= 4 is 33.4 Å². The van der Waals surface area contributed by atoms with E-state index in [1.807, 2.05) is 0 Å². The average molecular weight is 338 g/mol. The molecule has 0 atom stereocenters. The van der Waals surface area contributed by atoms with Gasteiger partial charge in [-0.2, -0.15) is 0 Å². The number of hydrogen-bond acceptors (Lipinski definition) is 4. The Balaban J connectivity index is 2.75. The van der Waals surface area contributed by atoms with Crippen molar-refractivity contribution in [3.8, 4) is 0 Å². The molecule has 0 aromatic heterocycles. The highest BCUT2D eigenvalue weighted by Gasteiger charge is 2.20. The van der Waals surface area contributed by atoms with Crippen molar-refractivity contribution in [3.05, 3.63) is 29.0 Å². The van der Waals surface area contributed by atoms with Crippen molar-refractivity contribution in [1.29, 1.82) is 0 Å². The van der Waals surface area contributed by atoms with Crippen LogP contribution in [-0.2, 0) is 19.6 Å². The highest BCUT2D eigenvalue weighted by atomic mass is 35.5. The van der Waals surface area contributed by atoms with Gasteiger partial charge in [0.05, 0.1) is 9.92 Å². The fourth-order valence-electron chi connectivity index (χ4n) is 1.20.